The number of benzene rings is 1. The molecule has 1 saturated heterocycles. The highest BCUT2D eigenvalue weighted by Gasteiger charge is 2.22. The fraction of sp³-hybridized carbons (Fsp3) is 0.304. The van der Waals surface area contributed by atoms with Gasteiger partial charge in [0.2, 0.25) is 5.91 Å². The maximum absolute atomic E-state index is 12.8. The van der Waals surface area contributed by atoms with Crippen LogP contribution in [-0.2, 0) is 24.4 Å². The molecular formula is C23H25N5O3. The third-order valence-electron chi connectivity index (χ3n) is 5.51. The zero-order chi connectivity index (χ0) is 21.6. The number of pyridine rings is 1. The summed E-state index contributed by atoms with van der Waals surface area (Å²) in [7, 11) is 0. The molecule has 1 aliphatic rings. The summed E-state index contributed by atoms with van der Waals surface area (Å²) in [5, 5.41) is 0. The van der Waals surface area contributed by atoms with Crippen molar-refractivity contribution in [1.29, 1.82) is 0 Å². The van der Waals surface area contributed by atoms with E-state index in [1.54, 1.807) is 17.3 Å². The van der Waals surface area contributed by atoms with Crippen LogP contribution >= 0.6 is 0 Å². The fourth-order valence-electron chi connectivity index (χ4n) is 3.74. The maximum Gasteiger partial charge on any atom is 0.331 e. The van der Waals surface area contributed by atoms with Gasteiger partial charge in [0.15, 0.2) is 0 Å². The van der Waals surface area contributed by atoms with Crippen LogP contribution in [0.3, 0.4) is 0 Å². The number of hydrogen-bond acceptors (Lipinski definition) is 5. The van der Waals surface area contributed by atoms with E-state index in [2.05, 4.69) is 9.88 Å². The van der Waals surface area contributed by atoms with Crippen molar-refractivity contribution in [2.24, 2.45) is 0 Å². The van der Waals surface area contributed by atoms with E-state index in [1.165, 1.54) is 22.4 Å². The lowest BCUT2D eigenvalue weighted by Gasteiger charge is -2.34. The first-order chi connectivity index (χ1) is 15.1. The monoisotopic (exact) mass is 419 g/mol. The van der Waals surface area contributed by atoms with Crippen LogP contribution in [0.4, 0.5) is 0 Å². The van der Waals surface area contributed by atoms with Crippen molar-refractivity contribution in [3.8, 4) is 0 Å². The van der Waals surface area contributed by atoms with Gasteiger partial charge in [-0.2, -0.15) is 0 Å². The van der Waals surface area contributed by atoms with E-state index in [4.69, 9.17) is 0 Å². The Morgan fingerprint density at radius 1 is 0.839 bits per heavy atom. The number of nitrogens with zero attached hydrogens (tertiary/aromatic N) is 5. The number of amides is 1. The number of hydrogen-bond donors (Lipinski definition) is 0. The highest BCUT2D eigenvalue weighted by Crippen LogP contribution is 2.08. The molecule has 0 atom stereocenters. The van der Waals surface area contributed by atoms with E-state index in [9.17, 15) is 14.4 Å². The minimum Gasteiger partial charge on any atom is -0.339 e. The Morgan fingerprint density at radius 2 is 1.52 bits per heavy atom. The zero-order valence-corrected chi connectivity index (χ0v) is 17.3. The molecule has 1 aliphatic heterocycles. The van der Waals surface area contributed by atoms with Crippen LogP contribution in [-0.4, -0.2) is 56.0 Å². The summed E-state index contributed by atoms with van der Waals surface area (Å²) in [6, 6.07) is 14.8. The molecule has 31 heavy (non-hydrogen) atoms. The van der Waals surface area contributed by atoms with Crippen LogP contribution in [0.15, 0.2) is 76.7 Å². The number of aromatic nitrogens is 3. The molecule has 8 heteroatoms. The van der Waals surface area contributed by atoms with Gasteiger partial charge in [-0.25, -0.2) is 4.79 Å². The van der Waals surface area contributed by atoms with Crippen LogP contribution in [0.2, 0.25) is 0 Å². The van der Waals surface area contributed by atoms with E-state index in [0.29, 0.717) is 19.6 Å². The summed E-state index contributed by atoms with van der Waals surface area (Å²) in [4.78, 5) is 45.9. The standard InChI is InChI=1S/C23H25N5O3/c29-21-8-11-27(17-19-4-2-1-3-5-19)23(31)28(21)18-22(30)26-14-12-25(13-15-26)16-20-6-9-24-10-7-20/h1-11H,12-18H2. The van der Waals surface area contributed by atoms with Crippen LogP contribution in [0, 0.1) is 0 Å². The first-order valence-corrected chi connectivity index (χ1v) is 10.3. The van der Waals surface area contributed by atoms with E-state index in [0.717, 1.165) is 29.8 Å². The minimum absolute atomic E-state index is 0.208. The van der Waals surface area contributed by atoms with E-state index in [-0.39, 0.29) is 12.5 Å². The molecular weight excluding hydrogens is 394 g/mol. The molecule has 8 nitrogen and oxygen atoms in total. The van der Waals surface area contributed by atoms with Gasteiger partial charge in [0.25, 0.3) is 5.56 Å². The Balaban J connectivity index is 1.39. The molecule has 1 fully saturated rings. The highest BCUT2D eigenvalue weighted by molar-refractivity contribution is 5.76. The number of carbonyl (C=O) groups is 1. The van der Waals surface area contributed by atoms with Crippen LogP contribution < -0.4 is 11.2 Å². The van der Waals surface area contributed by atoms with Gasteiger partial charge in [0, 0.05) is 57.4 Å². The third kappa shape index (κ3) is 5.16. The molecule has 2 aromatic heterocycles. The van der Waals surface area contributed by atoms with Gasteiger partial charge in [0.1, 0.15) is 6.54 Å². The lowest BCUT2D eigenvalue weighted by Crippen LogP contribution is -2.51. The normalized spacial score (nSPS) is 14.5. The molecule has 160 valence electrons. The molecule has 0 N–H and O–H groups in total. The Labute approximate surface area is 180 Å². The second-order valence-corrected chi connectivity index (χ2v) is 7.65. The number of carbonyl (C=O) groups excluding carboxylic acids is 1. The molecule has 1 aromatic carbocycles. The SMILES string of the molecule is O=C(Cn1c(=O)ccn(Cc2ccccc2)c1=O)N1CCN(Cc2ccncc2)CC1. The van der Waals surface area contributed by atoms with Crippen molar-refractivity contribution in [3.05, 3.63) is 99.1 Å². The smallest absolute Gasteiger partial charge is 0.331 e. The lowest BCUT2D eigenvalue weighted by molar-refractivity contribution is -0.133. The van der Waals surface area contributed by atoms with E-state index < -0.39 is 11.2 Å². The number of rotatable bonds is 6. The minimum atomic E-state index is -0.471. The summed E-state index contributed by atoms with van der Waals surface area (Å²) in [6.45, 7) is 3.56. The number of piperazine rings is 1. The maximum atomic E-state index is 12.8. The topological polar surface area (TPSA) is 80.4 Å². The average molecular weight is 419 g/mol. The van der Waals surface area contributed by atoms with Crippen LogP contribution in [0.25, 0.3) is 0 Å². The Kier molecular flexibility index (Phi) is 6.37. The highest BCUT2D eigenvalue weighted by atomic mass is 16.2. The van der Waals surface area contributed by atoms with Gasteiger partial charge in [0.05, 0.1) is 6.54 Å². The molecule has 3 heterocycles. The van der Waals surface area contributed by atoms with Crippen LogP contribution in [0.5, 0.6) is 0 Å². The van der Waals surface area contributed by atoms with Crippen molar-refractivity contribution >= 4 is 5.91 Å². The Hall–Kier alpha value is -3.52. The summed E-state index contributed by atoms with van der Waals surface area (Å²) in [6.07, 6.45) is 5.03. The second kappa shape index (κ2) is 9.53. The lowest BCUT2D eigenvalue weighted by atomic mass is 10.2. The van der Waals surface area contributed by atoms with Gasteiger partial charge in [-0.1, -0.05) is 30.3 Å². The van der Waals surface area contributed by atoms with Gasteiger partial charge >= 0.3 is 5.69 Å². The molecule has 0 aliphatic carbocycles. The molecule has 0 unspecified atom stereocenters. The molecule has 1 amide bonds. The fourth-order valence-corrected chi connectivity index (χ4v) is 3.74. The quantitative estimate of drug-likeness (QED) is 0.590. The molecule has 0 saturated carbocycles. The first-order valence-electron chi connectivity index (χ1n) is 10.3. The summed E-state index contributed by atoms with van der Waals surface area (Å²) in [5.74, 6) is -0.208. The molecule has 0 spiro atoms. The predicted octanol–water partition coefficient (Wildman–Crippen LogP) is 0.798. The Bertz CT molecular complexity index is 1130. The van der Waals surface area contributed by atoms with Crippen molar-refractivity contribution in [2.75, 3.05) is 26.2 Å². The summed E-state index contributed by atoms with van der Waals surface area (Å²) in [5.41, 5.74) is 1.20. The van der Waals surface area contributed by atoms with Gasteiger partial charge in [-0.3, -0.25) is 28.6 Å². The molecule has 4 rings (SSSR count). The summed E-state index contributed by atoms with van der Waals surface area (Å²) >= 11 is 0. The molecule has 3 aromatic rings. The zero-order valence-electron chi connectivity index (χ0n) is 17.3. The van der Waals surface area contributed by atoms with Gasteiger partial charge < -0.3 is 4.90 Å². The van der Waals surface area contributed by atoms with Gasteiger partial charge in [-0.05, 0) is 23.3 Å². The van der Waals surface area contributed by atoms with E-state index in [1.807, 2.05) is 42.5 Å². The average Bonchev–Trinajstić information content (AvgIpc) is 2.80. The second-order valence-electron chi connectivity index (χ2n) is 7.65. The van der Waals surface area contributed by atoms with Crippen LogP contribution in [0.1, 0.15) is 11.1 Å². The molecule has 0 radical (unpaired) electrons. The largest absolute Gasteiger partial charge is 0.339 e. The van der Waals surface area contributed by atoms with E-state index >= 15 is 0 Å². The molecule has 0 bridgehead atoms. The van der Waals surface area contributed by atoms with Crippen molar-refractivity contribution in [3.63, 3.8) is 0 Å². The summed E-state index contributed by atoms with van der Waals surface area (Å²) < 4.78 is 2.48. The first kappa shape index (κ1) is 20.7. The van der Waals surface area contributed by atoms with Crippen molar-refractivity contribution in [2.45, 2.75) is 19.6 Å². The Morgan fingerprint density at radius 3 is 2.23 bits per heavy atom. The third-order valence-corrected chi connectivity index (χ3v) is 5.51. The van der Waals surface area contributed by atoms with Crippen molar-refractivity contribution in [1.82, 2.24) is 23.9 Å². The van der Waals surface area contributed by atoms with Crippen molar-refractivity contribution < 1.29 is 4.79 Å². The van der Waals surface area contributed by atoms with Gasteiger partial charge in [-0.15, -0.1) is 0 Å². The predicted molar refractivity (Wildman–Crippen MR) is 117 cm³/mol.